The molecule has 0 spiro atoms. The third-order valence-corrected chi connectivity index (χ3v) is 2.39. The normalized spacial score (nSPS) is 10.1. The van der Waals surface area contributed by atoms with Gasteiger partial charge in [0.1, 0.15) is 0 Å². The smallest absolute Gasteiger partial charge is 0.351 e. The molecule has 0 aliphatic carbocycles. The molecule has 0 saturated heterocycles. The van der Waals surface area contributed by atoms with Gasteiger partial charge in [0.25, 0.3) is 0 Å². The predicted octanol–water partition coefficient (Wildman–Crippen LogP) is 1.46. The zero-order chi connectivity index (χ0) is 11.5. The molecular weight excluding hydrogens is 204 g/mol. The van der Waals surface area contributed by atoms with Crippen molar-refractivity contribution in [3.63, 3.8) is 0 Å². The van der Waals surface area contributed by atoms with Crippen molar-refractivity contribution in [1.29, 1.82) is 0 Å². The highest BCUT2D eigenvalue weighted by atomic mass is 16.5. The maximum Gasteiger partial charge on any atom is 0.351 e. The van der Waals surface area contributed by atoms with Crippen LogP contribution in [0.15, 0.2) is 41.2 Å². The van der Waals surface area contributed by atoms with Gasteiger partial charge in [-0.15, -0.1) is 0 Å². The van der Waals surface area contributed by atoms with Crippen LogP contribution in [0.1, 0.15) is 0 Å². The third-order valence-electron chi connectivity index (χ3n) is 2.39. The quantitative estimate of drug-likeness (QED) is 0.763. The molecule has 16 heavy (non-hydrogen) atoms. The van der Waals surface area contributed by atoms with Crippen LogP contribution in [-0.4, -0.2) is 16.7 Å². The Labute approximate surface area is 93.1 Å². The second-order valence-electron chi connectivity index (χ2n) is 3.39. The van der Waals surface area contributed by atoms with Crippen LogP contribution < -0.4 is 10.4 Å². The molecule has 0 aliphatic rings. The summed E-state index contributed by atoms with van der Waals surface area (Å²) in [7, 11) is 3.19. The van der Waals surface area contributed by atoms with Crippen molar-refractivity contribution >= 4 is 0 Å². The van der Waals surface area contributed by atoms with Gasteiger partial charge in [-0.1, -0.05) is 30.3 Å². The van der Waals surface area contributed by atoms with E-state index in [4.69, 9.17) is 4.74 Å². The van der Waals surface area contributed by atoms with E-state index in [1.807, 2.05) is 30.3 Å². The molecule has 0 radical (unpaired) electrons. The Morgan fingerprint density at radius 2 is 1.94 bits per heavy atom. The summed E-state index contributed by atoms with van der Waals surface area (Å²) >= 11 is 0. The van der Waals surface area contributed by atoms with E-state index in [-0.39, 0.29) is 5.69 Å². The molecule has 0 unspecified atom stereocenters. The van der Waals surface area contributed by atoms with Gasteiger partial charge in [-0.3, -0.25) is 4.57 Å². The first-order chi connectivity index (χ1) is 7.72. The van der Waals surface area contributed by atoms with Crippen molar-refractivity contribution in [1.82, 2.24) is 9.55 Å². The van der Waals surface area contributed by atoms with Crippen LogP contribution in [0.3, 0.4) is 0 Å². The maximum atomic E-state index is 11.6. The number of benzene rings is 1. The lowest BCUT2D eigenvalue weighted by Crippen LogP contribution is -2.21. The summed E-state index contributed by atoms with van der Waals surface area (Å²) in [5.74, 6) is 0.335. The first-order valence-corrected chi connectivity index (χ1v) is 4.90. The van der Waals surface area contributed by atoms with Crippen molar-refractivity contribution < 1.29 is 4.74 Å². The van der Waals surface area contributed by atoms with E-state index in [2.05, 4.69) is 4.98 Å². The van der Waals surface area contributed by atoms with Crippen LogP contribution in [0.4, 0.5) is 0 Å². The highest BCUT2D eigenvalue weighted by Crippen LogP contribution is 2.19. The van der Waals surface area contributed by atoms with E-state index < -0.39 is 0 Å². The summed E-state index contributed by atoms with van der Waals surface area (Å²) in [5.41, 5.74) is 1.43. The highest BCUT2D eigenvalue weighted by Gasteiger charge is 2.06. The SMILES string of the molecule is COc1cc(-c2ccccc2)n(C)c(=O)n1. The van der Waals surface area contributed by atoms with Crippen molar-refractivity contribution in [3.8, 4) is 17.1 Å². The summed E-state index contributed by atoms with van der Waals surface area (Å²) < 4.78 is 6.49. The van der Waals surface area contributed by atoms with E-state index in [9.17, 15) is 4.79 Å². The minimum Gasteiger partial charge on any atom is -0.481 e. The zero-order valence-corrected chi connectivity index (χ0v) is 9.18. The number of nitrogens with zero attached hydrogens (tertiary/aromatic N) is 2. The third kappa shape index (κ3) is 1.82. The summed E-state index contributed by atoms with van der Waals surface area (Å²) in [6.45, 7) is 0. The Morgan fingerprint density at radius 1 is 1.25 bits per heavy atom. The number of rotatable bonds is 2. The minimum absolute atomic E-state index is 0.321. The molecule has 1 aromatic heterocycles. The number of hydrogen-bond donors (Lipinski definition) is 0. The Morgan fingerprint density at radius 3 is 2.56 bits per heavy atom. The molecule has 0 atom stereocenters. The van der Waals surface area contributed by atoms with Gasteiger partial charge in [0.2, 0.25) is 5.88 Å². The highest BCUT2D eigenvalue weighted by molar-refractivity contribution is 5.60. The summed E-state index contributed by atoms with van der Waals surface area (Å²) in [5, 5.41) is 0. The molecule has 0 N–H and O–H groups in total. The molecule has 0 saturated carbocycles. The van der Waals surface area contributed by atoms with Crippen LogP contribution in [0, 0.1) is 0 Å². The molecule has 0 amide bonds. The van der Waals surface area contributed by atoms with Gasteiger partial charge < -0.3 is 4.74 Å². The minimum atomic E-state index is -0.321. The largest absolute Gasteiger partial charge is 0.481 e. The van der Waals surface area contributed by atoms with Crippen molar-refractivity contribution in [2.75, 3.05) is 7.11 Å². The van der Waals surface area contributed by atoms with E-state index in [1.165, 1.54) is 11.7 Å². The standard InChI is InChI=1S/C12H12N2O2/c1-14-10(9-6-4-3-5-7-9)8-11(16-2)13-12(14)15/h3-8H,1-2H3. The molecule has 0 bridgehead atoms. The molecule has 0 aliphatic heterocycles. The van der Waals surface area contributed by atoms with Gasteiger partial charge in [-0.25, -0.2) is 4.79 Å². The van der Waals surface area contributed by atoms with Gasteiger partial charge in [0.15, 0.2) is 0 Å². The lowest BCUT2D eigenvalue weighted by molar-refractivity contribution is 0.393. The number of aromatic nitrogens is 2. The number of methoxy groups -OCH3 is 1. The van der Waals surface area contributed by atoms with Gasteiger partial charge >= 0.3 is 5.69 Å². The molecule has 1 heterocycles. The fraction of sp³-hybridized carbons (Fsp3) is 0.167. The Balaban J connectivity index is 2.65. The monoisotopic (exact) mass is 216 g/mol. The first kappa shape index (κ1) is 10.4. The maximum absolute atomic E-state index is 11.6. The van der Waals surface area contributed by atoms with Crippen molar-refractivity contribution in [3.05, 3.63) is 46.9 Å². The fourth-order valence-electron chi connectivity index (χ4n) is 1.51. The molecule has 1 aromatic carbocycles. The van der Waals surface area contributed by atoms with Gasteiger partial charge in [0.05, 0.1) is 12.8 Å². The van der Waals surface area contributed by atoms with Gasteiger partial charge in [-0.2, -0.15) is 4.98 Å². The van der Waals surface area contributed by atoms with Crippen LogP contribution in [0.2, 0.25) is 0 Å². The Bertz CT molecular complexity index is 547. The van der Waals surface area contributed by atoms with Crippen LogP contribution in [0.25, 0.3) is 11.3 Å². The van der Waals surface area contributed by atoms with Gasteiger partial charge in [-0.05, 0) is 5.56 Å². The van der Waals surface area contributed by atoms with Crippen LogP contribution in [-0.2, 0) is 7.05 Å². The predicted molar refractivity (Wildman–Crippen MR) is 61.5 cm³/mol. The van der Waals surface area contributed by atoms with Crippen LogP contribution >= 0.6 is 0 Å². The lowest BCUT2D eigenvalue weighted by atomic mass is 10.1. The molecule has 4 nitrogen and oxygen atoms in total. The molecule has 2 aromatic rings. The number of ether oxygens (including phenoxy) is 1. The number of hydrogen-bond acceptors (Lipinski definition) is 3. The van der Waals surface area contributed by atoms with E-state index >= 15 is 0 Å². The second-order valence-corrected chi connectivity index (χ2v) is 3.39. The van der Waals surface area contributed by atoms with Crippen molar-refractivity contribution in [2.24, 2.45) is 7.05 Å². The van der Waals surface area contributed by atoms with Crippen LogP contribution in [0.5, 0.6) is 5.88 Å². The van der Waals surface area contributed by atoms with Crippen molar-refractivity contribution in [2.45, 2.75) is 0 Å². The van der Waals surface area contributed by atoms with E-state index in [0.29, 0.717) is 5.88 Å². The fourth-order valence-corrected chi connectivity index (χ4v) is 1.51. The zero-order valence-electron chi connectivity index (χ0n) is 9.18. The summed E-state index contributed by atoms with van der Waals surface area (Å²) in [6, 6.07) is 11.4. The molecule has 2 rings (SSSR count). The summed E-state index contributed by atoms with van der Waals surface area (Å²) in [4.78, 5) is 15.3. The molecular formula is C12H12N2O2. The second kappa shape index (κ2) is 4.18. The van der Waals surface area contributed by atoms with E-state index in [1.54, 1.807) is 13.1 Å². The lowest BCUT2D eigenvalue weighted by Gasteiger charge is -2.08. The summed E-state index contributed by atoms with van der Waals surface area (Å²) in [6.07, 6.45) is 0. The average Bonchev–Trinajstić information content (AvgIpc) is 2.33. The van der Waals surface area contributed by atoms with Gasteiger partial charge in [0, 0.05) is 13.1 Å². The topological polar surface area (TPSA) is 44.1 Å². The average molecular weight is 216 g/mol. The Kier molecular flexibility index (Phi) is 2.72. The molecule has 4 heteroatoms. The first-order valence-electron chi connectivity index (χ1n) is 4.90. The molecule has 0 fully saturated rings. The Hall–Kier alpha value is -2.10. The van der Waals surface area contributed by atoms with E-state index in [0.717, 1.165) is 11.3 Å². The molecule has 82 valence electrons.